The van der Waals surface area contributed by atoms with Crippen molar-refractivity contribution in [3.05, 3.63) is 112 Å². The van der Waals surface area contributed by atoms with Crippen LogP contribution >= 0.6 is 0 Å². The van der Waals surface area contributed by atoms with Gasteiger partial charge in [0, 0.05) is 12.8 Å². The summed E-state index contributed by atoms with van der Waals surface area (Å²) in [5.41, 5.74) is 3.67. The molecule has 0 bridgehead atoms. The maximum Gasteiger partial charge on any atom is 0.258 e. The average molecular weight is 397 g/mol. The lowest BCUT2D eigenvalue weighted by molar-refractivity contribution is -0.121. The Morgan fingerprint density at radius 1 is 0.933 bits per heavy atom. The van der Waals surface area contributed by atoms with Crippen molar-refractivity contribution in [1.29, 1.82) is 0 Å². The number of H-pyrrole nitrogens is 1. The molecule has 150 valence electrons. The predicted octanol–water partition coefficient (Wildman–Crippen LogP) is 4.07. The van der Waals surface area contributed by atoms with Crippen LogP contribution in [0.25, 0.3) is 10.9 Å². The summed E-state index contributed by atoms with van der Waals surface area (Å²) in [5, 5.41) is 3.68. The van der Waals surface area contributed by atoms with Gasteiger partial charge in [-0.25, -0.2) is 4.98 Å². The molecule has 1 unspecified atom stereocenters. The first-order valence-corrected chi connectivity index (χ1v) is 9.99. The van der Waals surface area contributed by atoms with Gasteiger partial charge in [0.1, 0.15) is 5.82 Å². The summed E-state index contributed by atoms with van der Waals surface area (Å²) in [5.74, 6) is 0.417. The van der Waals surface area contributed by atoms with E-state index in [9.17, 15) is 9.59 Å². The van der Waals surface area contributed by atoms with Gasteiger partial charge in [0.15, 0.2) is 0 Å². The molecule has 30 heavy (non-hydrogen) atoms. The van der Waals surface area contributed by atoms with Crippen molar-refractivity contribution in [2.45, 2.75) is 25.8 Å². The molecule has 0 aliphatic carbocycles. The number of carbonyl (C=O) groups is 1. The lowest BCUT2D eigenvalue weighted by atomic mass is 9.97. The lowest BCUT2D eigenvalue weighted by Gasteiger charge is -2.20. The monoisotopic (exact) mass is 397 g/mol. The standard InChI is InChI=1S/C25H23N3O2/c1-17-11-13-19(14-12-17)24(18-7-3-2-4-8-18)28-23(29)16-15-22-26-21-10-6-5-9-20(21)25(30)27-22/h2-14,24H,15-16H2,1H3,(H,28,29)(H,26,27,30). The molecule has 0 saturated heterocycles. The number of fused-ring (bicyclic) bond motifs is 1. The van der Waals surface area contributed by atoms with Crippen LogP contribution in [0, 0.1) is 6.92 Å². The van der Waals surface area contributed by atoms with Gasteiger partial charge in [0.2, 0.25) is 5.91 Å². The van der Waals surface area contributed by atoms with Gasteiger partial charge in [0.25, 0.3) is 5.56 Å². The third-order valence-electron chi connectivity index (χ3n) is 5.10. The Balaban J connectivity index is 1.50. The quantitative estimate of drug-likeness (QED) is 0.515. The smallest absolute Gasteiger partial charge is 0.258 e. The second-order valence-electron chi connectivity index (χ2n) is 7.35. The molecule has 1 aromatic heterocycles. The van der Waals surface area contributed by atoms with Crippen LogP contribution in [-0.4, -0.2) is 15.9 Å². The Labute approximate surface area is 174 Å². The zero-order valence-corrected chi connectivity index (χ0v) is 16.8. The number of aryl methyl sites for hydroxylation is 2. The number of hydrogen-bond donors (Lipinski definition) is 2. The van der Waals surface area contributed by atoms with E-state index in [4.69, 9.17) is 0 Å². The third-order valence-corrected chi connectivity index (χ3v) is 5.10. The number of nitrogens with one attached hydrogen (secondary N) is 2. The van der Waals surface area contributed by atoms with Gasteiger partial charge < -0.3 is 10.3 Å². The van der Waals surface area contributed by atoms with Gasteiger partial charge in [-0.2, -0.15) is 0 Å². The Morgan fingerprint density at radius 3 is 2.37 bits per heavy atom. The number of amides is 1. The highest BCUT2D eigenvalue weighted by Gasteiger charge is 2.17. The van der Waals surface area contributed by atoms with Crippen molar-refractivity contribution in [3.63, 3.8) is 0 Å². The minimum absolute atomic E-state index is 0.0970. The summed E-state index contributed by atoms with van der Waals surface area (Å²) >= 11 is 0. The SMILES string of the molecule is Cc1ccc(C(NC(=O)CCc2nc3ccccc3c(=O)[nH]2)c2ccccc2)cc1. The molecule has 1 atom stereocenters. The molecule has 0 fully saturated rings. The van der Waals surface area contributed by atoms with Crippen molar-refractivity contribution in [2.75, 3.05) is 0 Å². The minimum atomic E-state index is -0.233. The summed E-state index contributed by atoms with van der Waals surface area (Å²) in [7, 11) is 0. The van der Waals surface area contributed by atoms with Crippen molar-refractivity contribution >= 4 is 16.8 Å². The molecule has 1 amide bonds. The highest BCUT2D eigenvalue weighted by atomic mass is 16.1. The van der Waals surface area contributed by atoms with E-state index in [-0.39, 0.29) is 23.9 Å². The van der Waals surface area contributed by atoms with Gasteiger partial charge in [-0.15, -0.1) is 0 Å². The number of nitrogens with zero attached hydrogens (tertiary/aromatic N) is 1. The van der Waals surface area contributed by atoms with E-state index in [1.165, 1.54) is 5.56 Å². The number of rotatable bonds is 6. The number of benzene rings is 3. The molecule has 0 saturated carbocycles. The third kappa shape index (κ3) is 4.46. The number of para-hydroxylation sites is 1. The first-order valence-electron chi connectivity index (χ1n) is 9.99. The summed E-state index contributed by atoms with van der Waals surface area (Å²) in [6.45, 7) is 2.04. The highest BCUT2D eigenvalue weighted by molar-refractivity contribution is 5.78. The van der Waals surface area contributed by atoms with Crippen molar-refractivity contribution in [2.24, 2.45) is 0 Å². The van der Waals surface area contributed by atoms with E-state index in [1.54, 1.807) is 18.2 Å². The van der Waals surface area contributed by atoms with Crippen LogP contribution in [0.1, 0.15) is 35.0 Å². The molecule has 0 radical (unpaired) electrons. The Bertz CT molecular complexity index is 1210. The van der Waals surface area contributed by atoms with Crippen LogP contribution in [0.4, 0.5) is 0 Å². The van der Waals surface area contributed by atoms with E-state index in [1.807, 2.05) is 67.6 Å². The van der Waals surface area contributed by atoms with Crippen molar-refractivity contribution in [1.82, 2.24) is 15.3 Å². The largest absolute Gasteiger partial charge is 0.345 e. The summed E-state index contributed by atoms with van der Waals surface area (Å²) in [6.07, 6.45) is 0.595. The molecule has 2 N–H and O–H groups in total. The van der Waals surface area contributed by atoms with Gasteiger partial charge >= 0.3 is 0 Å². The zero-order valence-electron chi connectivity index (χ0n) is 16.8. The van der Waals surface area contributed by atoms with E-state index < -0.39 is 0 Å². The number of aromatic nitrogens is 2. The van der Waals surface area contributed by atoms with Crippen LogP contribution in [0.15, 0.2) is 83.7 Å². The molecule has 0 spiro atoms. The van der Waals surface area contributed by atoms with E-state index in [2.05, 4.69) is 15.3 Å². The van der Waals surface area contributed by atoms with Crippen LogP contribution in [0.5, 0.6) is 0 Å². The Kier molecular flexibility index (Phi) is 5.70. The summed E-state index contributed by atoms with van der Waals surface area (Å²) < 4.78 is 0. The van der Waals surface area contributed by atoms with Crippen molar-refractivity contribution in [3.8, 4) is 0 Å². The molecular weight excluding hydrogens is 374 g/mol. The molecule has 4 rings (SSSR count). The predicted molar refractivity (Wildman–Crippen MR) is 118 cm³/mol. The van der Waals surface area contributed by atoms with Gasteiger partial charge in [-0.3, -0.25) is 9.59 Å². The molecule has 1 heterocycles. The van der Waals surface area contributed by atoms with Crippen molar-refractivity contribution < 1.29 is 4.79 Å². The van der Waals surface area contributed by atoms with Crippen LogP contribution in [-0.2, 0) is 11.2 Å². The van der Waals surface area contributed by atoms with Gasteiger partial charge in [-0.05, 0) is 30.2 Å². The topological polar surface area (TPSA) is 74.8 Å². The molecule has 5 nitrogen and oxygen atoms in total. The normalized spacial score (nSPS) is 11.9. The summed E-state index contributed by atoms with van der Waals surface area (Å²) in [4.78, 5) is 32.2. The maximum atomic E-state index is 12.8. The molecule has 5 heteroatoms. The maximum absolute atomic E-state index is 12.8. The second-order valence-corrected chi connectivity index (χ2v) is 7.35. The van der Waals surface area contributed by atoms with Crippen LogP contribution in [0.2, 0.25) is 0 Å². The molecule has 3 aromatic carbocycles. The molecule has 4 aromatic rings. The fourth-order valence-electron chi connectivity index (χ4n) is 3.48. The number of hydrogen-bond acceptors (Lipinski definition) is 3. The van der Waals surface area contributed by atoms with Crippen LogP contribution < -0.4 is 10.9 Å². The van der Waals surface area contributed by atoms with E-state index >= 15 is 0 Å². The lowest BCUT2D eigenvalue weighted by Crippen LogP contribution is -2.29. The van der Waals surface area contributed by atoms with Gasteiger partial charge in [0.05, 0.1) is 16.9 Å². The zero-order chi connectivity index (χ0) is 20.9. The highest BCUT2D eigenvalue weighted by Crippen LogP contribution is 2.22. The fraction of sp³-hybridized carbons (Fsp3) is 0.160. The second kappa shape index (κ2) is 8.74. The molecule has 0 aliphatic rings. The summed E-state index contributed by atoms with van der Waals surface area (Å²) in [6, 6.07) is 25.0. The number of carbonyl (C=O) groups excluding carboxylic acids is 1. The van der Waals surface area contributed by atoms with E-state index in [0.29, 0.717) is 23.1 Å². The molecular formula is C25H23N3O2. The Hall–Kier alpha value is -3.73. The average Bonchev–Trinajstić information content (AvgIpc) is 2.77. The first kappa shape index (κ1) is 19.6. The fourth-order valence-corrected chi connectivity index (χ4v) is 3.48. The first-order chi connectivity index (χ1) is 14.6. The molecule has 0 aliphatic heterocycles. The van der Waals surface area contributed by atoms with Crippen LogP contribution in [0.3, 0.4) is 0 Å². The van der Waals surface area contributed by atoms with Gasteiger partial charge in [-0.1, -0.05) is 72.3 Å². The Morgan fingerprint density at radius 2 is 1.60 bits per heavy atom. The number of aromatic amines is 1. The minimum Gasteiger partial charge on any atom is -0.345 e. The van der Waals surface area contributed by atoms with E-state index in [0.717, 1.165) is 11.1 Å².